The number of carbonyl (C=O) groups is 1. The van der Waals surface area contributed by atoms with E-state index in [0.717, 1.165) is 6.42 Å². The molecule has 78 valence electrons. The third kappa shape index (κ3) is 8.35. The summed E-state index contributed by atoms with van der Waals surface area (Å²) in [5, 5.41) is 0. The Labute approximate surface area is 86.7 Å². The topological polar surface area (TPSA) is 17.1 Å². The molecule has 0 rings (SSSR count). The second-order valence-corrected chi connectivity index (χ2v) is 5.74. The lowest BCUT2D eigenvalue weighted by molar-refractivity contribution is -0.118. The SMILES string of the molecule is CCSCCCC(C)(C)CC(C)=O. The second kappa shape index (κ2) is 6.47. The average Bonchev–Trinajstić information content (AvgIpc) is 1.95. The summed E-state index contributed by atoms with van der Waals surface area (Å²) >= 11 is 1.98. The van der Waals surface area contributed by atoms with Crippen LogP contribution in [0, 0.1) is 5.41 Å². The van der Waals surface area contributed by atoms with Gasteiger partial charge in [-0.15, -0.1) is 0 Å². The molecule has 0 radical (unpaired) electrons. The molecule has 1 nitrogen and oxygen atoms in total. The van der Waals surface area contributed by atoms with Gasteiger partial charge in [-0.25, -0.2) is 0 Å². The molecule has 0 bridgehead atoms. The second-order valence-electron chi connectivity index (χ2n) is 4.34. The zero-order valence-electron chi connectivity index (χ0n) is 9.35. The van der Waals surface area contributed by atoms with Crippen LogP contribution in [0.3, 0.4) is 0 Å². The molecular formula is C11H22OS. The lowest BCUT2D eigenvalue weighted by atomic mass is 9.83. The average molecular weight is 202 g/mol. The van der Waals surface area contributed by atoms with Gasteiger partial charge < -0.3 is 4.79 Å². The summed E-state index contributed by atoms with van der Waals surface area (Å²) in [5.74, 6) is 2.75. The zero-order valence-corrected chi connectivity index (χ0v) is 10.2. The first-order valence-corrected chi connectivity index (χ1v) is 6.20. The highest BCUT2D eigenvalue weighted by Crippen LogP contribution is 2.27. The van der Waals surface area contributed by atoms with Gasteiger partial charge in [0.2, 0.25) is 0 Å². The molecule has 0 aromatic carbocycles. The van der Waals surface area contributed by atoms with Crippen LogP contribution < -0.4 is 0 Å². The standard InChI is InChI=1S/C11H22OS/c1-5-13-8-6-7-11(3,4)9-10(2)12/h5-9H2,1-4H3. The molecule has 0 N–H and O–H groups in total. The molecule has 0 unspecified atom stereocenters. The van der Waals surface area contributed by atoms with E-state index in [1.54, 1.807) is 6.92 Å². The molecule has 0 heterocycles. The smallest absolute Gasteiger partial charge is 0.130 e. The van der Waals surface area contributed by atoms with Gasteiger partial charge in [-0.2, -0.15) is 11.8 Å². The third-order valence-corrected chi connectivity index (χ3v) is 3.06. The van der Waals surface area contributed by atoms with Gasteiger partial charge in [0.15, 0.2) is 0 Å². The predicted molar refractivity (Wildman–Crippen MR) is 61.3 cm³/mol. The Morgan fingerprint density at radius 3 is 2.46 bits per heavy atom. The molecule has 0 fully saturated rings. The Bertz CT molecular complexity index is 152. The maximum Gasteiger partial charge on any atom is 0.130 e. The van der Waals surface area contributed by atoms with E-state index in [4.69, 9.17) is 0 Å². The molecule has 0 saturated carbocycles. The number of thioether (sulfide) groups is 1. The molecule has 0 aliphatic rings. The fourth-order valence-corrected chi connectivity index (χ4v) is 2.20. The summed E-state index contributed by atoms with van der Waals surface area (Å²) in [4.78, 5) is 10.9. The number of rotatable bonds is 7. The molecule has 0 aromatic rings. The molecule has 0 aromatic heterocycles. The van der Waals surface area contributed by atoms with E-state index in [1.165, 1.54) is 24.3 Å². The van der Waals surface area contributed by atoms with Crippen LogP contribution >= 0.6 is 11.8 Å². The van der Waals surface area contributed by atoms with Crippen LogP contribution in [0.25, 0.3) is 0 Å². The van der Waals surface area contributed by atoms with Gasteiger partial charge in [0.1, 0.15) is 5.78 Å². The Kier molecular flexibility index (Phi) is 6.48. The van der Waals surface area contributed by atoms with E-state index in [9.17, 15) is 4.79 Å². The number of hydrogen-bond acceptors (Lipinski definition) is 2. The summed E-state index contributed by atoms with van der Waals surface area (Å²) in [7, 11) is 0. The van der Waals surface area contributed by atoms with Crippen LogP contribution in [0.1, 0.15) is 47.0 Å². The van der Waals surface area contributed by atoms with E-state index in [0.29, 0.717) is 5.78 Å². The number of hydrogen-bond donors (Lipinski definition) is 0. The molecule has 2 heteroatoms. The fraction of sp³-hybridized carbons (Fsp3) is 0.909. The van der Waals surface area contributed by atoms with E-state index in [2.05, 4.69) is 20.8 Å². The summed E-state index contributed by atoms with van der Waals surface area (Å²) < 4.78 is 0. The lowest BCUT2D eigenvalue weighted by Crippen LogP contribution is -2.15. The lowest BCUT2D eigenvalue weighted by Gasteiger charge is -2.22. The summed E-state index contributed by atoms with van der Waals surface area (Å²) in [6.45, 7) is 8.24. The van der Waals surface area contributed by atoms with Gasteiger partial charge >= 0.3 is 0 Å². The van der Waals surface area contributed by atoms with Crippen LogP contribution in [-0.4, -0.2) is 17.3 Å². The van der Waals surface area contributed by atoms with Crippen molar-refractivity contribution >= 4 is 17.5 Å². The molecule has 0 aliphatic heterocycles. The summed E-state index contributed by atoms with van der Waals surface area (Å²) in [6, 6.07) is 0. The van der Waals surface area contributed by atoms with Crippen molar-refractivity contribution < 1.29 is 4.79 Å². The Hall–Kier alpha value is 0.0200. The van der Waals surface area contributed by atoms with Gasteiger partial charge in [0.25, 0.3) is 0 Å². The molecule has 0 spiro atoms. The first-order valence-electron chi connectivity index (χ1n) is 5.05. The minimum absolute atomic E-state index is 0.208. The fourth-order valence-electron chi connectivity index (χ4n) is 1.56. The maximum atomic E-state index is 10.9. The van der Waals surface area contributed by atoms with Crippen molar-refractivity contribution in [2.75, 3.05) is 11.5 Å². The number of carbonyl (C=O) groups excluding carboxylic acids is 1. The van der Waals surface area contributed by atoms with Crippen LogP contribution in [0.15, 0.2) is 0 Å². The highest BCUT2D eigenvalue weighted by atomic mass is 32.2. The van der Waals surface area contributed by atoms with Crippen LogP contribution in [0.2, 0.25) is 0 Å². The molecule has 0 atom stereocenters. The van der Waals surface area contributed by atoms with Gasteiger partial charge in [-0.05, 0) is 36.7 Å². The Morgan fingerprint density at radius 2 is 2.00 bits per heavy atom. The molecular weight excluding hydrogens is 180 g/mol. The Balaban J connectivity index is 3.56. The minimum Gasteiger partial charge on any atom is -0.300 e. The first-order chi connectivity index (χ1) is 5.98. The normalized spacial score (nSPS) is 11.7. The third-order valence-electron chi connectivity index (χ3n) is 2.07. The van der Waals surface area contributed by atoms with Crippen molar-refractivity contribution in [1.82, 2.24) is 0 Å². The number of Topliss-reactive ketones (excluding diaryl/α,β-unsaturated/α-hetero) is 1. The number of ketones is 1. The van der Waals surface area contributed by atoms with E-state index in [-0.39, 0.29) is 5.41 Å². The van der Waals surface area contributed by atoms with Crippen LogP contribution in [0.4, 0.5) is 0 Å². The molecule has 0 saturated heterocycles. The van der Waals surface area contributed by atoms with Crippen molar-refractivity contribution in [3.8, 4) is 0 Å². The highest BCUT2D eigenvalue weighted by Gasteiger charge is 2.18. The highest BCUT2D eigenvalue weighted by molar-refractivity contribution is 7.99. The molecule has 0 aliphatic carbocycles. The van der Waals surface area contributed by atoms with Crippen molar-refractivity contribution in [3.63, 3.8) is 0 Å². The van der Waals surface area contributed by atoms with E-state index >= 15 is 0 Å². The first kappa shape index (κ1) is 13.0. The summed E-state index contributed by atoms with van der Waals surface area (Å²) in [5.41, 5.74) is 0.208. The van der Waals surface area contributed by atoms with Gasteiger partial charge in [0.05, 0.1) is 0 Å². The van der Waals surface area contributed by atoms with Crippen molar-refractivity contribution in [2.24, 2.45) is 5.41 Å². The van der Waals surface area contributed by atoms with Crippen LogP contribution in [0.5, 0.6) is 0 Å². The van der Waals surface area contributed by atoms with Gasteiger partial charge in [0, 0.05) is 6.42 Å². The largest absolute Gasteiger partial charge is 0.300 e. The van der Waals surface area contributed by atoms with Crippen molar-refractivity contribution in [3.05, 3.63) is 0 Å². The van der Waals surface area contributed by atoms with Gasteiger partial charge in [-0.3, -0.25) is 0 Å². The Morgan fingerprint density at radius 1 is 1.38 bits per heavy atom. The van der Waals surface area contributed by atoms with E-state index in [1.807, 2.05) is 11.8 Å². The minimum atomic E-state index is 0.208. The quantitative estimate of drug-likeness (QED) is 0.588. The van der Waals surface area contributed by atoms with Crippen molar-refractivity contribution in [1.29, 1.82) is 0 Å². The van der Waals surface area contributed by atoms with Crippen molar-refractivity contribution in [2.45, 2.75) is 47.0 Å². The maximum absolute atomic E-state index is 10.9. The zero-order chi connectivity index (χ0) is 10.3. The molecule has 13 heavy (non-hydrogen) atoms. The predicted octanol–water partition coefficient (Wildman–Crippen LogP) is 3.53. The van der Waals surface area contributed by atoms with Gasteiger partial charge in [-0.1, -0.05) is 20.8 Å². The molecule has 0 amide bonds. The summed E-state index contributed by atoms with van der Waals surface area (Å²) in [6.07, 6.45) is 3.13. The van der Waals surface area contributed by atoms with E-state index < -0.39 is 0 Å². The monoisotopic (exact) mass is 202 g/mol. The van der Waals surface area contributed by atoms with Crippen LogP contribution in [-0.2, 0) is 4.79 Å².